The molecule has 1 spiro atoms. The smallest absolute Gasteiger partial charge is 0.236 e. The average Bonchev–Trinajstić information content (AvgIpc) is 3.45. The van der Waals surface area contributed by atoms with Crippen LogP contribution in [0.15, 0.2) is 30.3 Å². The molecular formula is C20H26N2O3S. The molecule has 1 aromatic rings. The summed E-state index contributed by atoms with van der Waals surface area (Å²) in [5.74, 6) is 0.956. The normalized spacial score (nSPS) is 25.1. The molecule has 3 aliphatic rings. The van der Waals surface area contributed by atoms with E-state index in [1.807, 2.05) is 40.1 Å². The summed E-state index contributed by atoms with van der Waals surface area (Å²) in [4.78, 5) is 28.2. The van der Waals surface area contributed by atoms with Crippen LogP contribution in [0.3, 0.4) is 0 Å². The van der Waals surface area contributed by atoms with Gasteiger partial charge in [0.05, 0.1) is 10.8 Å². The van der Waals surface area contributed by atoms with E-state index in [1.165, 1.54) is 18.4 Å². The van der Waals surface area contributed by atoms with E-state index in [0.717, 1.165) is 13.0 Å². The molecule has 6 heteroatoms. The van der Waals surface area contributed by atoms with Gasteiger partial charge in [-0.3, -0.25) is 13.8 Å². The molecule has 26 heavy (non-hydrogen) atoms. The second-order valence-electron chi connectivity index (χ2n) is 7.75. The summed E-state index contributed by atoms with van der Waals surface area (Å²) >= 11 is 0. The zero-order valence-corrected chi connectivity index (χ0v) is 15.9. The van der Waals surface area contributed by atoms with Crippen molar-refractivity contribution in [1.29, 1.82) is 0 Å². The molecule has 1 unspecified atom stereocenters. The molecule has 140 valence electrons. The number of aryl methyl sites for hydroxylation is 1. The van der Waals surface area contributed by atoms with E-state index in [0.29, 0.717) is 38.3 Å². The number of rotatable bonds is 5. The third kappa shape index (κ3) is 3.43. The number of likely N-dealkylation sites (tertiary alicyclic amines) is 1. The quantitative estimate of drug-likeness (QED) is 0.791. The number of benzene rings is 1. The van der Waals surface area contributed by atoms with Gasteiger partial charge in [0.1, 0.15) is 10.6 Å². The first-order chi connectivity index (χ1) is 12.6. The van der Waals surface area contributed by atoms with Crippen molar-refractivity contribution in [3.63, 3.8) is 0 Å². The standard InChI is InChI=1S/C20H26N2O3S/c23-18(9-8-16-4-2-1-3-5-16)21-12-10-20(11-13-21)22(14-17-6-7-17)19(24)15-26(20)25/h1-5,17H,6-15H2. The lowest BCUT2D eigenvalue weighted by Crippen LogP contribution is -2.56. The Morgan fingerprint density at radius 3 is 2.50 bits per heavy atom. The summed E-state index contributed by atoms with van der Waals surface area (Å²) in [7, 11) is -1.14. The fraction of sp³-hybridized carbons (Fsp3) is 0.600. The Morgan fingerprint density at radius 2 is 1.85 bits per heavy atom. The first-order valence-electron chi connectivity index (χ1n) is 9.59. The lowest BCUT2D eigenvalue weighted by atomic mass is 10.0. The minimum absolute atomic E-state index is 0.0408. The van der Waals surface area contributed by atoms with Crippen LogP contribution in [0.25, 0.3) is 0 Å². The minimum Gasteiger partial charge on any atom is -0.342 e. The molecule has 0 aromatic heterocycles. The number of carbonyl (C=O) groups is 2. The predicted octanol–water partition coefficient (Wildman–Crippen LogP) is 1.94. The SMILES string of the molecule is O=C(CCc1ccccc1)N1CCC2(CC1)N(CC1CC1)C(=O)CS2=O. The van der Waals surface area contributed by atoms with Gasteiger partial charge < -0.3 is 9.80 Å². The number of piperidine rings is 1. The average molecular weight is 375 g/mol. The van der Waals surface area contributed by atoms with Gasteiger partial charge in [0, 0.05) is 38.9 Å². The van der Waals surface area contributed by atoms with E-state index < -0.39 is 15.7 Å². The van der Waals surface area contributed by atoms with Crippen molar-refractivity contribution in [1.82, 2.24) is 9.80 Å². The predicted molar refractivity (Wildman–Crippen MR) is 101 cm³/mol. The molecule has 1 saturated carbocycles. The van der Waals surface area contributed by atoms with Crippen LogP contribution >= 0.6 is 0 Å². The van der Waals surface area contributed by atoms with Crippen molar-refractivity contribution in [3.8, 4) is 0 Å². The molecule has 0 bridgehead atoms. The van der Waals surface area contributed by atoms with Crippen molar-refractivity contribution in [2.45, 2.75) is 43.4 Å². The molecule has 4 rings (SSSR count). The summed E-state index contributed by atoms with van der Waals surface area (Å²) < 4.78 is 12.7. The number of nitrogens with zero attached hydrogens (tertiary/aromatic N) is 2. The van der Waals surface area contributed by atoms with E-state index in [9.17, 15) is 13.8 Å². The Labute approximate surface area is 157 Å². The Hall–Kier alpha value is -1.69. The highest BCUT2D eigenvalue weighted by molar-refractivity contribution is 7.87. The molecule has 3 fully saturated rings. The van der Waals surface area contributed by atoms with Gasteiger partial charge in [0.15, 0.2) is 0 Å². The van der Waals surface area contributed by atoms with Crippen LogP contribution in [0.4, 0.5) is 0 Å². The molecule has 2 heterocycles. The molecule has 0 N–H and O–H groups in total. The third-order valence-electron chi connectivity index (χ3n) is 5.98. The Balaban J connectivity index is 1.35. The number of hydrogen-bond acceptors (Lipinski definition) is 3. The lowest BCUT2D eigenvalue weighted by Gasteiger charge is -2.43. The van der Waals surface area contributed by atoms with Gasteiger partial charge in [-0.15, -0.1) is 0 Å². The van der Waals surface area contributed by atoms with Crippen molar-refractivity contribution >= 4 is 22.6 Å². The van der Waals surface area contributed by atoms with Crippen LogP contribution < -0.4 is 0 Å². The maximum atomic E-state index is 12.7. The highest BCUT2D eigenvalue weighted by Gasteiger charge is 2.53. The molecule has 2 amide bonds. The summed E-state index contributed by atoms with van der Waals surface area (Å²) in [6.07, 6.45) is 4.90. The van der Waals surface area contributed by atoms with Crippen LogP contribution in [-0.4, -0.2) is 56.1 Å². The van der Waals surface area contributed by atoms with E-state index in [-0.39, 0.29) is 17.6 Å². The van der Waals surface area contributed by atoms with Gasteiger partial charge in [-0.25, -0.2) is 0 Å². The summed E-state index contributed by atoms with van der Waals surface area (Å²) in [6.45, 7) is 1.97. The van der Waals surface area contributed by atoms with Gasteiger partial charge in [-0.1, -0.05) is 30.3 Å². The fourth-order valence-electron chi connectivity index (χ4n) is 4.16. The van der Waals surface area contributed by atoms with Gasteiger partial charge in [-0.2, -0.15) is 0 Å². The van der Waals surface area contributed by atoms with Crippen LogP contribution in [-0.2, 0) is 26.8 Å². The van der Waals surface area contributed by atoms with E-state index in [4.69, 9.17) is 0 Å². The largest absolute Gasteiger partial charge is 0.342 e. The van der Waals surface area contributed by atoms with Crippen molar-refractivity contribution in [2.75, 3.05) is 25.4 Å². The molecular weight excluding hydrogens is 348 g/mol. The Morgan fingerprint density at radius 1 is 1.15 bits per heavy atom. The highest BCUT2D eigenvalue weighted by atomic mass is 32.2. The molecule has 0 radical (unpaired) electrons. The summed E-state index contributed by atoms with van der Waals surface area (Å²) in [6, 6.07) is 10.0. The van der Waals surface area contributed by atoms with Crippen molar-refractivity contribution in [2.24, 2.45) is 5.92 Å². The molecule has 5 nitrogen and oxygen atoms in total. The topological polar surface area (TPSA) is 57.7 Å². The van der Waals surface area contributed by atoms with Gasteiger partial charge >= 0.3 is 0 Å². The van der Waals surface area contributed by atoms with Crippen molar-refractivity contribution in [3.05, 3.63) is 35.9 Å². The molecule has 1 aromatic carbocycles. The molecule has 1 atom stereocenters. The van der Waals surface area contributed by atoms with Gasteiger partial charge in [0.25, 0.3) is 0 Å². The van der Waals surface area contributed by atoms with Crippen LogP contribution in [0.2, 0.25) is 0 Å². The number of hydrogen-bond donors (Lipinski definition) is 0. The Bertz CT molecular complexity index is 709. The number of carbonyl (C=O) groups excluding carboxylic acids is 2. The molecule has 2 saturated heterocycles. The van der Waals surface area contributed by atoms with E-state index >= 15 is 0 Å². The highest BCUT2D eigenvalue weighted by Crippen LogP contribution is 2.41. The van der Waals surface area contributed by atoms with Gasteiger partial charge in [-0.05, 0) is 30.7 Å². The second kappa shape index (κ2) is 7.14. The molecule has 2 aliphatic heterocycles. The zero-order valence-electron chi connectivity index (χ0n) is 15.1. The minimum atomic E-state index is -1.14. The van der Waals surface area contributed by atoms with E-state index in [1.54, 1.807) is 0 Å². The maximum Gasteiger partial charge on any atom is 0.236 e. The van der Waals surface area contributed by atoms with E-state index in [2.05, 4.69) is 0 Å². The summed E-state index contributed by atoms with van der Waals surface area (Å²) in [5.41, 5.74) is 1.17. The monoisotopic (exact) mass is 374 g/mol. The van der Waals surface area contributed by atoms with Gasteiger partial charge in [0.2, 0.25) is 11.8 Å². The van der Waals surface area contributed by atoms with Crippen LogP contribution in [0.5, 0.6) is 0 Å². The fourth-order valence-corrected chi connectivity index (χ4v) is 5.87. The van der Waals surface area contributed by atoms with Crippen LogP contribution in [0.1, 0.15) is 37.7 Å². The van der Waals surface area contributed by atoms with Crippen molar-refractivity contribution < 1.29 is 13.8 Å². The maximum absolute atomic E-state index is 12.7. The Kier molecular flexibility index (Phi) is 4.86. The first-order valence-corrected chi connectivity index (χ1v) is 10.9. The lowest BCUT2D eigenvalue weighted by molar-refractivity contribution is -0.135. The zero-order chi connectivity index (χ0) is 18.1. The first kappa shape index (κ1) is 17.7. The third-order valence-corrected chi connectivity index (χ3v) is 7.96. The van der Waals surface area contributed by atoms with Crippen LogP contribution in [0, 0.1) is 5.92 Å². The number of amides is 2. The molecule has 1 aliphatic carbocycles. The summed E-state index contributed by atoms with van der Waals surface area (Å²) in [5, 5.41) is 0. The second-order valence-corrected chi connectivity index (χ2v) is 9.49.